The van der Waals surface area contributed by atoms with Crippen LogP contribution >= 0.6 is 34.8 Å². The number of likely N-dealkylation sites (N-methyl/N-ethyl adjacent to an activating group) is 1. The van der Waals surface area contributed by atoms with Gasteiger partial charge in [0, 0.05) is 41.0 Å². The van der Waals surface area contributed by atoms with Crippen molar-refractivity contribution in [3.63, 3.8) is 0 Å². The van der Waals surface area contributed by atoms with Crippen LogP contribution in [0.25, 0.3) is 0 Å². The summed E-state index contributed by atoms with van der Waals surface area (Å²) in [6.07, 6.45) is 1.06. The van der Waals surface area contributed by atoms with Crippen LogP contribution in [0.4, 0.5) is 0 Å². The van der Waals surface area contributed by atoms with Crippen molar-refractivity contribution in [2.24, 2.45) is 0 Å². The van der Waals surface area contributed by atoms with Gasteiger partial charge in [-0.1, -0.05) is 89.4 Å². The number of carbonyl (C=O) groups is 2. The average Bonchev–Trinajstić information content (AvgIpc) is 2.82. The van der Waals surface area contributed by atoms with Crippen molar-refractivity contribution in [2.75, 3.05) is 6.54 Å². The minimum atomic E-state index is -0.701. The molecule has 0 fully saturated rings. The second-order valence-corrected chi connectivity index (χ2v) is 9.20. The summed E-state index contributed by atoms with van der Waals surface area (Å²) in [4.78, 5) is 28.4. The molecule has 0 heterocycles. The minimum absolute atomic E-state index is 0.155. The van der Waals surface area contributed by atoms with Gasteiger partial charge >= 0.3 is 0 Å². The molecule has 3 aromatic carbocycles. The van der Waals surface area contributed by atoms with Gasteiger partial charge in [-0.15, -0.1) is 0 Å². The van der Waals surface area contributed by atoms with Crippen molar-refractivity contribution < 1.29 is 9.59 Å². The molecule has 0 aliphatic heterocycles. The number of carbonyl (C=O) groups excluding carboxylic acids is 2. The standard InChI is InChI=1S/C27H27Cl3N2O2/c1-2-31-27(34)25(16-19-8-4-3-5-9-19)32(18-21-12-14-22(28)17-24(21)30)26(33)15-13-20-10-6-7-11-23(20)29/h3-12,14,17,25H,2,13,15-16,18H2,1H3,(H,31,34)/t25-/m0/s1. The molecule has 0 spiro atoms. The number of hydrogen-bond donors (Lipinski definition) is 1. The topological polar surface area (TPSA) is 49.4 Å². The Balaban J connectivity index is 1.93. The third-order valence-electron chi connectivity index (χ3n) is 5.54. The highest BCUT2D eigenvalue weighted by Gasteiger charge is 2.30. The zero-order chi connectivity index (χ0) is 24.5. The second-order valence-electron chi connectivity index (χ2n) is 7.95. The lowest BCUT2D eigenvalue weighted by molar-refractivity contribution is -0.141. The Morgan fingerprint density at radius 2 is 1.59 bits per heavy atom. The van der Waals surface area contributed by atoms with E-state index in [4.69, 9.17) is 34.8 Å². The summed E-state index contributed by atoms with van der Waals surface area (Å²) < 4.78 is 0. The Kier molecular flexibility index (Phi) is 9.82. The summed E-state index contributed by atoms with van der Waals surface area (Å²) in [6, 6.07) is 21.6. The fraction of sp³-hybridized carbons (Fsp3) is 0.259. The van der Waals surface area contributed by atoms with Crippen LogP contribution in [0.2, 0.25) is 15.1 Å². The quantitative estimate of drug-likeness (QED) is 0.340. The van der Waals surface area contributed by atoms with Crippen LogP contribution < -0.4 is 5.32 Å². The highest BCUT2D eigenvalue weighted by atomic mass is 35.5. The van der Waals surface area contributed by atoms with Crippen LogP contribution in [0.5, 0.6) is 0 Å². The molecule has 4 nitrogen and oxygen atoms in total. The van der Waals surface area contributed by atoms with Crippen LogP contribution in [0.1, 0.15) is 30.0 Å². The number of nitrogens with one attached hydrogen (secondary N) is 1. The van der Waals surface area contributed by atoms with E-state index in [1.165, 1.54) is 0 Å². The van der Waals surface area contributed by atoms with Gasteiger partial charge in [0.2, 0.25) is 11.8 Å². The molecule has 2 amide bonds. The van der Waals surface area contributed by atoms with Gasteiger partial charge in [0.05, 0.1) is 0 Å². The van der Waals surface area contributed by atoms with Gasteiger partial charge in [0.15, 0.2) is 0 Å². The molecule has 0 saturated heterocycles. The number of benzene rings is 3. The number of halogens is 3. The van der Waals surface area contributed by atoms with E-state index in [-0.39, 0.29) is 24.8 Å². The predicted molar refractivity (Wildman–Crippen MR) is 139 cm³/mol. The number of rotatable bonds is 10. The normalized spacial score (nSPS) is 11.6. The molecule has 34 heavy (non-hydrogen) atoms. The average molecular weight is 518 g/mol. The first-order chi connectivity index (χ1) is 16.4. The Labute approximate surface area is 215 Å². The monoisotopic (exact) mass is 516 g/mol. The van der Waals surface area contributed by atoms with Crippen molar-refractivity contribution >= 4 is 46.6 Å². The first-order valence-corrected chi connectivity index (χ1v) is 12.3. The first-order valence-electron chi connectivity index (χ1n) is 11.2. The van der Waals surface area contributed by atoms with Gasteiger partial charge in [0.25, 0.3) is 0 Å². The number of hydrogen-bond acceptors (Lipinski definition) is 2. The zero-order valence-corrected chi connectivity index (χ0v) is 21.2. The molecule has 7 heteroatoms. The largest absolute Gasteiger partial charge is 0.355 e. The number of amides is 2. The SMILES string of the molecule is CCNC(=O)[C@H](Cc1ccccc1)N(Cc1ccc(Cl)cc1Cl)C(=O)CCc1ccccc1Cl. The van der Waals surface area contributed by atoms with Crippen molar-refractivity contribution in [1.82, 2.24) is 10.2 Å². The van der Waals surface area contributed by atoms with Crippen LogP contribution in [-0.2, 0) is 29.0 Å². The summed E-state index contributed by atoms with van der Waals surface area (Å²) >= 11 is 18.8. The Morgan fingerprint density at radius 1 is 0.882 bits per heavy atom. The van der Waals surface area contributed by atoms with E-state index in [0.717, 1.165) is 16.7 Å². The molecule has 0 aromatic heterocycles. The maximum Gasteiger partial charge on any atom is 0.243 e. The smallest absolute Gasteiger partial charge is 0.243 e. The lowest BCUT2D eigenvalue weighted by Gasteiger charge is -2.32. The molecule has 1 N–H and O–H groups in total. The van der Waals surface area contributed by atoms with E-state index in [1.807, 2.05) is 55.5 Å². The van der Waals surface area contributed by atoms with E-state index in [0.29, 0.717) is 34.5 Å². The molecule has 0 aliphatic rings. The van der Waals surface area contributed by atoms with Crippen molar-refractivity contribution in [2.45, 2.75) is 38.8 Å². The molecule has 1 atom stereocenters. The van der Waals surface area contributed by atoms with E-state index in [1.54, 1.807) is 29.2 Å². The third kappa shape index (κ3) is 7.23. The van der Waals surface area contributed by atoms with Crippen molar-refractivity contribution in [1.29, 1.82) is 0 Å². The highest BCUT2D eigenvalue weighted by Crippen LogP contribution is 2.25. The lowest BCUT2D eigenvalue weighted by atomic mass is 10.0. The highest BCUT2D eigenvalue weighted by molar-refractivity contribution is 6.35. The van der Waals surface area contributed by atoms with Gasteiger partial charge in [-0.3, -0.25) is 9.59 Å². The molecule has 0 radical (unpaired) electrons. The molecule has 0 bridgehead atoms. The van der Waals surface area contributed by atoms with Gasteiger partial charge in [-0.05, 0) is 48.2 Å². The Morgan fingerprint density at radius 3 is 2.26 bits per heavy atom. The van der Waals surface area contributed by atoms with Crippen LogP contribution in [0, 0.1) is 0 Å². The van der Waals surface area contributed by atoms with Crippen LogP contribution in [-0.4, -0.2) is 29.3 Å². The molecule has 3 rings (SSSR count). The summed E-state index contributed by atoms with van der Waals surface area (Å²) in [6.45, 7) is 2.51. The van der Waals surface area contributed by atoms with Gasteiger partial charge in [-0.25, -0.2) is 0 Å². The number of aryl methyl sites for hydroxylation is 1. The van der Waals surface area contributed by atoms with Crippen molar-refractivity contribution in [3.8, 4) is 0 Å². The van der Waals surface area contributed by atoms with Gasteiger partial charge in [0.1, 0.15) is 6.04 Å². The summed E-state index contributed by atoms with van der Waals surface area (Å²) in [5.41, 5.74) is 2.57. The van der Waals surface area contributed by atoms with E-state index in [2.05, 4.69) is 5.32 Å². The third-order valence-corrected chi connectivity index (χ3v) is 6.50. The minimum Gasteiger partial charge on any atom is -0.355 e. The predicted octanol–water partition coefficient (Wildman–Crippen LogP) is 6.36. The van der Waals surface area contributed by atoms with Crippen LogP contribution in [0.3, 0.4) is 0 Å². The molecular formula is C27H27Cl3N2O2. The molecule has 0 saturated carbocycles. The Bertz CT molecular complexity index is 1120. The zero-order valence-electron chi connectivity index (χ0n) is 18.9. The number of nitrogens with zero attached hydrogens (tertiary/aromatic N) is 1. The lowest BCUT2D eigenvalue weighted by Crippen LogP contribution is -2.50. The second kappa shape index (κ2) is 12.8. The van der Waals surface area contributed by atoms with Crippen molar-refractivity contribution in [3.05, 3.63) is 105 Å². The summed E-state index contributed by atoms with van der Waals surface area (Å²) in [7, 11) is 0. The van der Waals surface area contributed by atoms with Gasteiger partial charge in [-0.2, -0.15) is 0 Å². The van der Waals surface area contributed by atoms with E-state index < -0.39 is 6.04 Å². The fourth-order valence-electron chi connectivity index (χ4n) is 3.77. The molecule has 0 aliphatic carbocycles. The fourth-order valence-corrected chi connectivity index (χ4v) is 4.46. The molecule has 178 valence electrons. The molecule has 0 unspecified atom stereocenters. The molecule has 3 aromatic rings. The summed E-state index contributed by atoms with van der Waals surface area (Å²) in [5, 5.41) is 4.46. The van der Waals surface area contributed by atoms with Crippen LogP contribution in [0.15, 0.2) is 72.8 Å². The molecular weight excluding hydrogens is 491 g/mol. The van der Waals surface area contributed by atoms with E-state index >= 15 is 0 Å². The maximum atomic E-state index is 13.6. The maximum absolute atomic E-state index is 13.6. The first kappa shape index (κ1) is 26.1. The Hall–Kier alpha value is -2.53. The summed E-state index contributed by atoms with van der Waals surface area (Å²) in [5.74, 6) is -0.361. The van der Waals surface area contributed by atoms with E-state index in [9.17, 15) is 9.59 Å². The van der Waals surface area contributed by atoms with Gasteiger partial charge < -0.3 is 10.2 Å².